The van der Waals surface area contributed by atoms with Gasteiger partial charge in [0, 0.05) is 29.2 Å². The Bertz CT molecular complexity index is 1470. The molecular weight excluding hydrogens is 568 g/mol. The number of benzene rings is 3. The fourth-order valence-electron chi connectivity index (χ4n) is 4.15. The van der Waals surface area contributed by atoms with Gasteiger partial charge in [-0.2, -0.15) is 0 Å². The molecule has 3 aromatic carbocycles. The molecular formula is C29H33ClN4O6S. The summed E-state index contributed by atoms with van der Waals surface area (Å²) in [5.74, 6) is -1.01. The molecule has 0 spiro atoms. The fraction of sp³-hybridized carbons (Fsp3) is 0.310. The van der Waals surface area contributed by atoms with Crippen molar-refractivity contribution in [3.8, 4) is 0 Å². The van der Waals surface area contributed by atoms with Gasteiger partial charge in [0.2, 0.25) is 11.8 Å². The van der Waals surface area contributed by atoms with Gasteiger partial charge in [-0.3, -0.25) is 24.0 Å². The van der Waals surface area contributed by atoms with Gasteiger partial charge in [0.15, 0.2) is 0 Å². The number of nitrogens with one attached hydrogen (secondary N) is 1. The first-order valence-electron chi connectivity index (χ1n) is 12.9. The first-order valence-corrected chi connectivity index (χ1v) is 14.7. The van der Waals surface area contributed by atoms with Gasteiger partial charge in [0.05, 0.1) is 15.5 Å². The zero-order chi connectivity index (χ0) is 30.4. The van der Waals surface area contributed by atoms with Crippen molar-refractivity contribution in [1.82, 2.24) is 10.2 Å². The molecule has 0 saturated carbocycles. The lowest BCUT2D eigenvalue weighted by Crippen LogP contribution is -2.55. The Kier molecular flexibility index (Phi) is 10.1. The zero-order valence-electron chi connectivity index (χ0n) is 23.3. The number of nitro benzene ring substituents is 1. The standard InChI is InChI=1S/C29H33ClN4O6S/c1-5-26(28(36)31-29(2,3)4)32(19-21-11-13-22(30)14-12-21)27(35)20-33(23-15-17-24(18-16-23)34(37)38)41(39,40)25-9-7-6-8-10-25/h6-18,26H,5,19-20H2,1-4H3,(H,31,36)/t26-/m1/s1. The molecule has 0 heterocycles. The molecule has 0 aliphatic carbocycles. The van der Waals surface area contributed by atoms with Crippen molar-refractivity contribution in [3.63, 3.8) is 0 Å². The summed E-state index contributed by atoms with van der Waals surface area (Å²) in [6.45, 7) is 6.61. The van der Waals surface area contributed by atoms with Crippen molar-refractivity contribution in [2.24, 2.45) is 0 Å². The van der Waals surface area contributed by atoms with E-state index in [1.165, 1.54) is 41.3 Å². The second-order valence-electron chi connectivity index (χ2n) is 10.4. The van der Waals surface area contributed by atoms with E-state index in [0.29, 0.717) is 10.6 Å². The Morgan fingerprint density at radius 2 is 1.56 bits per heavy atom. The Labute approximate surface area is 245 Å². The van der Waals surface area contributed by atoms with Crippen LogP contribution in [0.3, 0.4) is 0 Å². The van der Waals surface area contributed by atoms with Crippen LogP contribution in [0.1, 0.15) is 39.7 Å². The van der Waals surface area contributed by atoms with E-state index in [0.717, 1.165) is 4.31 Å². The maximum Gasteiger partial charge on any atom is 0.269 e. The second-order valence-corrected chi connectivity index (χ2v) is 12.7. The highest BCUT2D eigenvalue weighted by Crippen LogP contribution is 2.27. The number of carbonyl (C=O) groups is 2. The molecule has 41 heavy (non-hydrogen) atoms. The number of anilines is 1. The number of rotatable bonds is 11. The molecule has 10 nitrogen and oxygen atoms in total. The molecule has 1 atom stereocenters. The number of nitrogens with zero attached hydrogens (tertiary/aromatic N) is 3. The van der Waals surface area contributed by atoms with Gasteiger partial charge in [-0.25, -0.2) is 8.42 Å². The van der Waals surface area contributed by atoms with Gasteiger partial charge in [0.1, 0.15) is 12.6 Å². The third-order valence-electron chi connectivity index (χ3n) is 6.11. The van der Waals surface area contributed by atoms with Crippen LogP contribution >= 0.6 is 11.6 Å². The lowest BCUT2D eigenvalue weighted by atomic mass is 10.1. The van der Waals surface area contributed by atoms with Crippen LogP contribution in [-0.4, -0.2) is 48.2 Å². The summed E-state index contributed by atoms with van der Waals surface area (Å²) in [4.78, 5) is 39.3. The number of amides is 2. The van der Waals surface area contributed by atoms with Gasteiger partial charge >= 0.3 is 0 Å². The summed E-state index contributed by atoms with van der Waals surface area (Å²) in [6, 6.07) is 18.3. The van der Waals surface area contributed by atoms with Gasteiger partial charge in [-0.15, -0.1) is 0 Å². The summed E-state index contributed by atoms with van der Waals surface area (Å²) >= 11 is 6.04. The van der Waals surface area contributed by atoms with Gasteiger partial charge in [-0.05, 0) is 69.2 Å². The summed E-state index contributed by atoms with van der Waals surface area (Å²) in [5, 5.41) is 14.6. The summed E-state index contributed by atoms with van der Waals surface area (Å²) in [7, 11) is -4.28. The monoisotopic (exact) mass is 600 g/mol. The van der Waals surface area contributed by atoms with Crippen LogP contribution in [0.15, 0.2) is 83.8 Å². The number of halogens is 1. The van der Waals surface area contributed by atoms with Crippen LogP contribution in [0, 0.1) is 10.1 Å². The van der Waals surface area contributed by atoms with Crippen molar-refractivity contribution >= 4 is 44.8 Å². The normalized spacial score (nSPS) is 12.3. The Morgan fingerprint density at radius 3 is 2.07 bits per heavy atom. The average molecular weight is 601 g/mol. The quantitative estimate of drug-likeness (QED) is 0.239. The minimum atomic E-state index is -4.28. The molecule has 0 fully saturated rings. The Hall–Kier alpha value is -3.96. The molecule has 218 valence electrons. The van der Waals surface area contributed by atoms with Crippen LogP contribution in [0.2, 0.25) is 5.02 Å². The third-order valence-corrected chi connectivity index (χ3v) is 8.15. The number of carbonyl (C=O) groups excluding carboxylic acids is 2. The molecule has 0 saturated heterocycles. The largest absolute Gasteiger partial charge is 0.350 e. The van der Waals surface area contributed by atoms with Crippen LogP contribution in [0.25, 0.3) is 0 Å². The Balaban J connectivity index is 2.07. The highest BCUT2D eigenvalue weighted by molar-refractivity contribution is 7.92. The van der Waals surface area contributed by atoms with E-state index in [2.05, 4.69) is 5.32 Å². The number of sulfonamides is 1. The first-order chi connectivity index (χ1) is 19.2. The van der Waals surface area contributed by atoms with Gasteiger partial charge in [0.25, 0.3) is 15.7 Å². The molecule has 0 aliphatic heterocycles. The summed E-state index contributed by atoms with van der Waals surface area (Å²) < 4.78 is 28.5. The lowest BCUT2D eigenvalue weighted by molar-refractivity contribution is -0.384. The van der Waals surface area contributed by atoms with Crippen molar-refractivity contribution in [1.29, 1.82) is 0 Å². The summed E-state index contributed by atoms with van der Waals surface area (Å²) in [5.41, 5.74) is -0.0450. The number of nitro groups is 1. The van der Waals surface area contributed by atoms with Crippen LogP contribution in [0.5, 0.6) is 0 Å². The first kappa shape index (κ1) is 31.6. The predicted molar refractivity (Wildman–Crippen MR) is 158 cm³/mol. The number of hydrogen-bond acceptors (Lipinski definition) is 6. The van der Waals surface area contributed by atoms with Crippen molar-refractivity contribution in [2.75, 3.05) is 10.8 Å². The molecule has 0 aromatic heterocycles. The van der Waals surface area contributed by atoms with E-state index in [-0.39, 0.29) is 35.1 Å². The number of hydrogen-bond donors (Lipinski definition) is 1. The van der Waals surface area contributed by atoms with E-state index >= 15 is 0 Å². The molecule has 2 amide bonds. The smallest absolute Gasteiger partial charge is 0.269 e. The van der Waals surface area contributed by atoms with Crippen molar-refractivity contribution in [3.05, 3.63) is 99.6 Å². The molecule has 0 unspecified atom stereocenters. The van der Waals surface area contributed by atoms with Crippen molar-refractivity contribution in [2.45, 2.75) is 57.1 Å². The molecule has 12 heteroatoms. The highest BCUT2D eigenvalue weighted by atomic mass is 35.5. The maximum absolute atomic E-state index is 14.0. The van der Waals surface area contributed by atoms with Gasteiger partial charge < -0.3 is 10.2 Å². The second kappa shape index (κ2) is 13.1. The van der Waals surface area contributed by atoms with E-state index in [9.17, 15) is 28.1 Å². The van der Waals surface area contributed by atoms with Gasteiger partial charge in [-0.1, -0.05) is 48.9 Å². The van der Waals surface area contributed by atoms with Crippen LogP contribution in [0.4, 0.5) is 11.4 Å². The minimum absolute atomic E-state index is 0.0194. The van der Waals surface area contributed by atoms with Crippen molar-refractivity contribution < 1.29 is 22.9 Å². The van der Waals surface area contributed by atoms with Crippen LogP contribution < -0.4 is 9.62 Å². The van der Waals surface area contributed by atoms with E-state index in [1.807, 2.05) is 20.8 Å². The van der Waals surface area contributed by atoms with E-state index in [1.54, 1.807) is 49.4 Å². The number of non-ortho nitro benzene ring substituents is 1. The topological polar surface area (TPSA) is 130 Å². The summed E-state index contributed by atoms with van der Waals surface area (Å²) in [6.07, 6.45) is 0.268. The lowest BCUT2D eigenvalue weighted by Gasteiger charge is -2.34. The molecule has 3 rings (SSSR count). The predicted octanol–water partition coefficient (Wildman–Crippen LogP) is 5.17. The van der Waals surface area contributed by atoms with Crippen LogP contribution in [-0.2, 0) is 26.2 Å². The maximum atomic E-state index is 14.0. The molecule has 3 aromatic rings. The third kappa shape index (κ3) is 8.27. The molecule has 0 aliphatic rings. The zero-order valence-corrected chi connectivity index (χ0v) is 24.9. The Morgan fingerprint density at radius 1 is 0.976 bits per heavy atom. The molecule has 0 bridgehead atoms. The fourth-order valence-corrected chi connectivity index (χ4v) is 5.71. The average Bonchev–Trinajstić information content (AvgIpc) is 2.92. The molecule has 1 N–H and O–H groups in total. The minimum Gasteiger partial charge on any atom is -0.350 e. The van der Waals surface area contributed by atoms with E-state index < -0.39 is 39.0 Å². The highest BCUT2D eigenvalue weighted by Gasteiger charge is 2.34. The van der Waals surface area contributed by atoms with E-state index in [4.69, 9.17) is 11.6 Å². The molecule has 0 radical (unpaired) electrons. The SMILES string of the molecule is CC[C@H](C(=O)NC(C)(C)C)N(Cc1ccc(Cl)cc1)C(=O)CN(c1ccc([N+](=O)[O-])cc1)S(=O)(=O)c1ccccc1.